The molecule has 1 aromatic heterocycles. The van der Waals surface area contributed by atoms with Crippen molar-refractivity contribution in [1.82, 2.24) is 0 Å². The average Bonchev–Trinajstić information content (AvgIpc) is 3.16. The summed E-state index contributed by atoms with van der Waals surface area (Å²) in [5.41, 5.74) is 2.60. The first-order chi connectivity index (χ1) is 13.6. The third kappa shape index (κ3) is 3.98. The molecule has 140 valence electrons. The fourth-order valence-electron chi connectivity index (χ4n) is 3.01. The number of para-hydroxylation sites is 2. The monoisotopic (exact) mass is 409 g/mol. The van der Waals surface area contributed by atoms with E-state index in [0.29, 0.717) is 27.8 Å². The number of carbonyl (C=O) groups excluding carboxylic acids is 2. The molecule has 4 rings (SSSR count). The van der Waals surface area contributed by atoms with Crippen molar-refractivity contribution in [2.45, 2.75) is 6.42 Å². The zero-order valence-electron chi connectivity index (χ0n) is 14.8. The van der Waals surface area contributed by atoms with Gasteiger partial charge in [0.05, 0.1) is 23.5 Å². The minimum Gasteiger partial charge on any atom is -0.324 e. The SMILES string of the molecule is O=C(CN1C(=O)CC(c2cccs2)=Nc2ccccc21)Nc1cccc(Cl)c1. The maximum atomic E-state index is 13.0. The second-order valence-electron chi connectivity index (χ2n) is 6.24. The van der Waals surface area contributed by atoms with E-state index in [9.17, 15) is 9.59 Å². The third-order valence-electron chi connectivity index (χ3n) is 4.26. The van der Waals surface area contributed by atoms with Crippen LogP contribution in [0.3, 0.4) is 0 Å². The molecule has 2 aromatic carbocycles. The van der Waals surface area contributed by atoms with Gasteiger partial charge in [-0.2, -0.15) is 0 Å². The number of nitrogens with zero attached hydrogens (tertiary/aromatic N) is 2. The number of amides is 2. The Kier molecular flexibility index (Phi) is 5.23. The standard InChI is InChI=1S/C21H16ClN3O2S/c22-14-5-3-6-15(11-14)23-20(26)13-25-18-8-2-1-7-16(18)24-17(12-21(25)27)19-9-4-10-28-19/h1-11H,12-13H2,(H,23,26). The summed E-state index contributed by atoms with van der Waals surface area (Å²) in [4.78, 5) is 32.7. The van der Waals surface area contributed by atoms with Crippen LogP contribution in [0.5, 0.6) is 0 Å². The van der Waals surface area contributed by atoms with Crippen LogP contribution in [-0.4, -0.2) is 24.1 Å². The minimum atomic E-state index is -0.301. The number of aliphatic imine (C=N–C) groups is 1. The van der Waals surface area contributed by atoms with Crippen molar-refractivity contribution in [3.63, 3.8) is 0 Å². The first-order valence-corrected chi connectivity index (χ1v) is 9.92. The fourth-order valence-corrected chi connectivity index (χ4v) is 3.92. The molecule has 2 amide bonds. The number of thiophene rings is 1. The van der Waals surface area contributed by atoms with Gasteiger partial charge in [-0.05, 0) is 41.8 Å². The highest BCUT2D eigenvalue weighted by Gasteiger charge is 2.26. The van der Waals surface area contributed by atoms with Crippen molar-refractivity contribution in [3.05, 3.63) is 75.9 Å². The fraction of sp³-hybridized carbons (Fsp3) is 0.0952. The Bertz CT molecular complexity index is 1060. The number of hydrogen-bond donors (Lipinski definition) is 1. The smallest absolute Gasteiger partial charge is 0.244 e. The van der Waals surface area contributed by atoms with Gasteiger partial charge in [0.25, 0.3) is 0 Å². The molecule has 0 saturated heterocycles. The van der Waals surface area contributed by atoms with Crippen molar-refractivity contribution in [2.75, 3.05) is 16.8 Å². The summed E-state index contributed by atoms with van der Waals surface area (Å²) >= 11 is 7.51. The van der Waals surface area contributed by atoms with Crippen molar-refractivity contribution in [2.24, 2.45) is 4.99 Å². The number of benzene rings is 2. The first-order valence-electron chi connectivity index (χ1n) is 8.66. The second kappa shape index (κ2) is 7.96. The summed E-state index contributed by atoms with van der Waals surface area (Å²) in [5.74, 6) is -0.469. The lowest BCUT2D eigenvalue weighted by atomic mass is 10.2. The van der Waals surface area contributed by atoms with Crippen molar-refractivity contribution >= 4 is 57.5 Å². The molecule has 0 aliphatic carbocycles. The lowest BCUT2D eigenvalue weighted by molar-refractivity contribution is -0.120. The summed E-state index contributed by atoms with van der Waals surface area (Å²) in [6.45, 7) is -0.102. The van der Waals surface area contributed by atoms with Crippen LogP contribution in [0.2, 0.25) is 5.02 Å². The van der Waals surface area contributed by atoms with E-state index in [1.165, 1.54) is 4.90 Å². The number of rotatable bonds is 4. The summed E-state index contributed by atoms with van der Waals surface area (Å²) in [6, 6.07) is 18.1. The van der Waals surface area contributed by atoms with E-state index >= 15 is 0 Å². The normalized spacial score (nSPS) is 13.5. The molecule has 0 unspecified atom stereocenters. The highest BCUT2D eigenvalue weighted by atomic mass is 35.5. The van der Waals surface area contributed by atoms with Crippen LogP contribution in [-0.2, 0) is 9.59 Å². The first kappa shape index (κ1) is 18.4. The Labute approximate surface area is 171 Å². The predicted octanol–water partition coefficient (Wildman–Crippen LogP) is 4.90. The molecule has 2 heterocycles. The van der Waals surface area contributed by atoms with E-state index in [1.807, 2.05) is 35.7 Å². The van der Waals surface area contributed by atoms with Gasteiger partial charge in [-0.3, -0.25) is 9.59 Å². The van der Waals surface area contributed by atoms with Gasteiger partial charge in [0.2, 0.25) is 11.8 Å². The molecule has 3 aromatic rings. The molecule has 0 bridgehead atoms. The molecule has 0 fully saturated rings. The lowest BCUT2D eigenvalue weighted by Gasteiger charge is -2.21. The van der Waals surface area contributed by atoms with Crippen LogP contribution in [0.15, 0.2) is 71.0 Å². The van der Waals surface area contributed by atoms with E-state index < -0.39 is 0 Å². The van der Waals surface area contributed by atoms with E-state index in [1.54, 1.807) is 41.7 Å². The van der Waals surface area contributed by atoms with Gasteiger partial charge in [0, 0.05) is 15.6 Å². The summed E-state index contributed by atoms with van der Waals surface area (Å²) in [6.07, 6.45) is 0.139. The van der Waals surface area contributed by atoms with Crippen LogP contribution < -0.4 is 10.2 Å². The van der Waals surface area contributed by atoms with Gasteiger partial charge in [-0.1, -0.05) is 35.9 Å². The van der Waals surface area contributed by atoms with Gasteiger partial charge in [0.15, 0.2) is 0 Å². The number of halogens is 1. The van der Waals surface area contributed by atoms with Crippen LogP contribution in [0.25, 0.3) is 0 Å². The Balaban J connectivity index is 1.60. The molecule has 1 aliphatic heterocycles. The lowest BCUT2D eigenvalue weighted by Crippen LogP contribution is -2.38. The van der Waals surface area contributed by atoms with E-state index in [2.05, 4.69) is 5.32 Å². The molecule has 0 radical (unpaired) electrons. The number of fused-ring (bicyclic) bond motifs is 1. The van der Waals surface area contributed by atoms with Crippen molar-refractivity contribution < 1.29 is 9.59 Å². The topological polar surface area (TPSA) is 61.8 Å². The van der Waals surface area contributed by atoms with Gasteiger partial charge in [-0.25, -0.2) is 4.99 Å². The van der Waals surface area contributed by atoms with E-state index in [0.717, 1.165) is 4.88 Å². The van der Waals surface area contributed by atoms with Crippen molar-refractivity contribution in [1.29, 1.82) is 0 Å². The number of hydrogen-bond acceptors (Lipinski definition) is 4. The zero-order valence-corrected chi connectivity index (χ0v) is 16.3. The van der Waals surface area contributed by atoms with Gasteiger partial charge < -0.3 is 10.2 Å². The highest BCUT2D eigenvalue weighted by Crippen LogP contribution is 2.33. The van der Waals surface area contributed by atoms with E-state index in [-0.39, 0.29) is 24.8 Å². The quantitative estimate of drug-likeness (QED) is 0.666. The second-order valence-corrected chi connectivity index (χ2v) is 7.62. The maximum absolute atomic E-state index is 13.0. The van der Waals surface area contributed by atoms with Crippen LogP contribution >= 0.6 is 22.9 Å². The molecule has 0 atom stereocenters. The van der Waals surface area contributed by atoms with Crippen LogP contribution in [0.1, 0.15) is 11.3 Å². The maximum Gasteiger partial charge on any atom is 0.244 e. The summed E-state index contributed by atoms with van der Waals surface area (Å²) in [5, 5.41) is 5.27. The predicted molar refractivity (Wildman–Crippen MR) is 114 cm³/mol. The molecule has 7 heteroatoms. The molecule has 28 heavy (non-hydrogen) atoms. The minimum absolute atomic E-state index is 0.102. The van der Waals surface area contributed by atoms with Crippen molar-refractivity contribution in [3.8, 4) is 0 Å². The number of nitrogens with one attached hydrogen (secondary N) is 1. The highest BCUT2D eigenvalue weighted by molar-refractivity contribution is 7.12. The largest absolute Gasteiger partial charge is 0.324 e. The Hall–Kier alpha value is -2.96. The van der Waals surface area contributed by atoms with Crippen LogP contribution in [0, 0.1) is 0 Å². The summed E-state index contributed by atoms with van der Waals surface area (Å²) < 4.78 is 0. The van der Waals surface area contributed by atoms with Gasteiger partial charge >= 0.3 is 0 Å². The molecule has 0 spiro atoms. The summed E-state index contributed by atoms with van der Waals surface area (Å²) in [7, 11) is 0. The average molecular weight is 410 g/mol. The molecule has 1 aliphatic rings. The molecular weight excluding hydrogens is 394 g/mol. The van der Waals surface area contributed by atoms with Gasteiger partial charge in [0.1, 0.15) is 6.54 Å². The number of carbonyl (C=O) groups is 2. The molecule has 5 nitrogen and oxygen atoms in total. The molecular formula is C21H16ClN3O2S. The Morgan fingerprint density at radius 1 is 1.14 bits per heavy atom. The number of anilines is 2. The van der Waals surface area contributed by atoms with E-state index in [4.69, 9.17) is 16.6 Å². The molecule has 0 saturated carbocycles. The van der Waals surface area contributed by atoms with Gasteiger partial charge in [-0.15, -0.1) is 11.3 Å². The third-order valence-corrected chi connectivity index (χ3v) is 5.42. The Morgan fingerprint density at radius 3 is 2.79 bits per heavy atom. The van der Waals surface area contributed by atoms with Crippen LogP contribution in [0.4, 0.5) is 17.1 Å². The zero-order chi connectivity index (χ0) is 19.5. The molecule has 1 N–H and O–H groups in total. The Morgan fingerprint density at radius 2 is 2.00 bits per heavy atom.